The number of benzene rings is 1. The summed E-state index contributed by atoms with van der Waals surface area (Å²) in [7, 11) is 0. The molecule has 2 rings (SSSR count). The van der Waals surface area contributed by atoms with Crippen LogP contribution >= 0.6 is 11.6 Å². The molecule has 118 valence electrons. The Morgan fingerprint density at radius 2 is 1.73 bits per heavy atom. The smallest absolute Gasteiger partial charge is 0.324 e. The molecule has 0 radical (unpaired) electrons. The van der Waals surface area contributed by atoms with Crippen molar-refractivity contribution in [2.75, 3.05) is 13.2 Å². The molecule has 2 atom stereocenters. The Balaban J connectivity index is 2.49. The Hall–Kier alpha value is -1.88. The highest BCUT2D eigenvalue weighted by atomic mass is 35.5. The van der Waals surface area contributed by atoms with Crippen molar-refractivity contribution in [1.29, 1.82) is 0 Å². The van der Waals surface area contributed by atoms with Gasteiger partial charge in [-0.2, -0.15) is 0 Å². The third-order valence-corrected chi connectivity index (χ3v) is 4.22. The van der Waals surface area contributed by atoms with Gasteiger partial charge in [0.2, 0.25) is 0 Å². The van der Waals surface area contributed by atoms with Gasteiger partial charge in [-0.05, 0) is 25.5 Å². The van der Waals surface area contributed by atoms with E-state index in [9.17, 15) is 14.4 Å². The topological polar surface area (TPSA) is 69.7 Å². The highest BCUT2D eigenvalue weighted by molar-refractivity contribution is 6.31. The van der Waals surface area contributed by atoms with E-state index < -0.39 is 29.2 Å². The highest BCUT2D eigenvalue weighted by Gasteiger charge is 2.77. The standard InChI is InChI=1S/C16H17ClO5/c1-3-21-14(19)16(15(20)22-4-2)11(9-18)13(16)10-7-5-6-8-12(10)17/h5-9,11,13H,3-4H2,1-2H3/t11-,13-/m0/s1. The summed E-state index contributed by atoms with van der Waals surface area (Å²) in [5.74, 6) is -2.96. The minimum atomic E-state index is -1.63. The molecule has 1 aromatic carbocycles. The van der Waals surface area contributed by atoms with Crippen molar-refractivity contribution in [3.05, 3.63) is 34.9 Å². The van der Waals surface area contributed by atoms with Crippen molar-refractivity contribution in [2.24, 2.45) is 11.3 Å². The number of esters is 2. The molecule has 0 heterocycles. The van der Waals surface area contributed by atoms with Crippen molar-refractivity contribution in [3.8, 4) is 0 Å². The van der Waals surface area contributed by atoms with Crippen LogP contribution in [-0.4, -0.2) is 31.4 Å². The van der Waals surface area contributed by atoms with Crippen LogP contribution in [0.4, 0.5) is 0 Å². The van der Waals surface area contributed by atoms with Crippen molar-refractivity contribution in [3.63, 3.8) is 0 Å². The number of hydrogen-bond acceptors (Lipinski definition) is 5. The van der Waals surface area contributed by atoms with Gasteiger partial charge in [0, 0.05) is 10.9 Å². The van der Waals surface area contributed by atoms with Crippen LogP contribution in [0.5, 0.6) is 0 Å². The Kier molecular flexibility index (Phi) is 4.86. The molecule has 1 aliphatic carbocycles. The summed E-state index contributed by atoms with van der Waals surface area (Å²) in [5, 5.41) is 0.398. The molecule has 0 amide bonds. The second kappa shape index (κ2) is 6.48. The highest BCUT2D eigenvalue weighted by Crippen LogP contribution is 2.66. The van der Waals surface area contributed by atoms with Crippen LogP contribution in [0.3, 0.4) is 0 Å². The van der Waals surface area contributed by atoms with E-state index in [2.05, 4.69) is 0 Å². The van der Waals surface area contributed by atoms with E-state index in [1.807, 2.05) is 0 Å². The van der Waals surface area contributed by atoms with Gasteiger partial charge >= 0.3 is 11.9 Å². The molecular formula is C16H17ClO5. The molecule has 0 aliphatic heterocycles. The quantitative estimate of drug-likeness (QED) is 0.456. The van der Waals surface area contributed by atoms with Crippen molar-refractivity contribution < 1.29 is 23.9 Å². The molecule has 1 fully saturated rings. The van der Waals surface area contributed by atoms with Crippen LogP contribution < -0.4 is 0 Å². The van der Waals surface area contributed by atoms with Crippen LogP contribution in [0.25, 0.3) is 0 Å². The van der Waals surface area contributed by atoms with Gasteiger partial charge in [-0.15, -0.1) is 0 Å². The van der Waals surface area contributed by atoms with Crippen molar-refractivity contribution in [2.45, 2.75) is 19.8 Å². The third-order valence-electron chi connectivity index (χ3n) is 3.88. The minimum Gasteiger partial charge on any atom is -0.465 e. The van der Waals surface area contributed by atoms with E-state index >= 15 is 0 Å². The first-order valence-corrected chi connectivity index (χ1v) is 7.47. The van der Waals surface area contributed by atoms with Gasteiger partial charge in [-0.25, -0.2) is 0 Å². The number of hydrogen-bond donors (Lipinski definition) is 0. The third kappa shape index (κ3) is 2.39. The maximum atomic E-state index is 12.4. The minimum absolute atomic E-state index is 0.112. The van der Waals surface area contributed by atoms with Gasteiger partial charge in [0.1, 0.15) is 6.29 Å². The number of carbonyl (C=O) groups is 3. The van der Waals surface area contributed by atoms with E-state index in [1.54, 1.807) is 38.1 Å². The van der Waals surface area contributed by atoms with Crippen LogP contribution in [0.2, 0.25) is 5.02 Å². The van der Waals surface area contributed by atoms with Gasteiger partial charge in [-0.3, -0.25) is 9.59 Å². The van der Waals surface area contributed by atoms with E-state index in [1.165, 1.54) is 0 Å². The molecule has 0 aromatic heterocycles. The second-order valence-corrected chi connectivity index (χ2v) is 5.38. The summed E-state index contributed by atoms with van der Waals surface area (Å²) in [6.07, 6.45) is 0.599. The van der Waals surface area contributed by atoms with Gasteiger partial charge in [-0.1, -0.05) is 29.8 Å². The Bertz CT molecular complexity index is 580. The monoisotopic (exact) mass is 324 g/mol. The number of ether oxygens (including phenoxy) is 2. The molecular weight excluding hydrogens is 308 g/mol. The molecule has 0 spiro atoms. The number of aldehydes is 1. The summed E-state index contributed by atoms with van der Waals surface area (Å²) >= 11 is 6.15. The van der Waals surface area contributed by atoms with Crippen molar-refractivity contribution >= 4 is 29.8 Å². The molecule has 5 nitrogen and oxygen atoms in total. The lowest BCUT2D eigenvalue weighted by Gasteiger charge is -2.15. The SMILES string of the molecule is CCOC(=O)C1(C(=O)OCC)[C@@H](C=O)[C@@H]1c1ccccc1Cl. The van der Waals surface area contributed by atoms with Gasteiger partial charge in [0.15, 0.2) is 5.41 Å². The molecule has 6 heteroatoms. The predicted molar refractivity (Wildman–Crippen MR) is 79.4 cm³/mol. The predicted octanol–water partition coefficient (Wildman–Crippen LogP) is 2.36. The summed E-state index contributed by atoms with van der Waals surface area (Å²) < 4.78 is 10.0. The number of halogens is 1. The average Bonchev–Trinajstić information content (AvgIpc) is 3.18. The molecule has 0 N–H and O–H groups in total. The van der Waals surface area contributed by atoms with Gasteiger partial charge in [0.25, 0.3) is 0 Å². The zero-order valence-electron chi connectivity index (χ0n) is 12.4. The molecule has 22 heavy (non-hydrogen) atoms. The normalized spacial score (nSPS) is 21.8. The number of rotatable bonds is 6. The molecule has 0 bridgehead atoms. The first-order valence-electron chi connectivity index (χ1n) is 7.09. The van der Waals surface area contributed by atoms with E-state index in [4.69, 9.17) is 21.1 Å². The largest absolute Gasteiger partial charge is 0.465 e. The first kappa shape index (κ1) is 16.5. The average molecular weight is 325 g/mol. The first-order chi connectivity index (χ1) is 10.5. The fraction of sp³-hybridized carbons (Fsp3) is 0.438. The van der Waals surface area contributed by atoms with E-state index in [0.717, 1.165) is 0 Å². The summed E-state index contributed by atoms with van der Waals surface area (Å²) in [6, 6.07) is 6.82. The molecule has 0 saturated heterocycles. The maximum absolute atomic E-state index is 12.4. The van der Waals surface area contributed by atoms with Crippen LogP contribution in [0.15, 0.2) is 24.3 Å². The Morgan fingerprint density at radius 1 is 1.18 bits per heavy atom. The second-order valence-electron chi connectivity index (χ2n) is 4.97. The summed E-state index contributed by atoms with van der Waals surface area (Å²) in [6.45, 7) is 3.50. The zero-order valence-corrected chi connectivity index (χ0v) is 13.1. The zero-order chi connectivity index (χ0) is 16.3. The van der Waals surface area contributed by atoms with Crippen molar-refractivity contribution in [1.82, 2.24) is 0 Å². The van der Waals surface area contributed by atoms with Crippen LogP contribution in [0, 0.1) is 11.3 Å². The molecule has 1 aromatic rings. The summed E-state index contributed by atoms with van der Waals surface area (Å²) in [4.78, 5) is 36.2. The summed E-state index contributed by atoms with van der Waals surface area (Å²) in [5.41, 5.74) is -1.05. The fourth-order valence-electron chi connectivity index (χ4n) is 2.88. The Morgan fingerprint density at radius 3 is 2.18 bits per heavy atom. The molecule has 1 saturated carbocycles. The van der Waals surface area contributed by atoms with Gasteiger partial charge < -0.3 is 14.3 Å². The van der Waals surface area contributed by atoms with E-state index in [0.29, 0.717) is 16.9 Å². The lowest BCUT2D eigenvalue weighted by atomic mass is 9.98. The van der Waals surface area contributed by atoms with Crippen LogP contribution in [0.1, 0.15) is 25.3 Å². The maximum Gasteiger partial charge on any atom is 0.324 e. The van der Waals surface area contributed by atoms with E-state index in [-0.39, 0.29) is 13.2 Å². The lowest BCUT2D eigenvalue weighted by Crippen LogP contribution is -2.33. The van der Waals surface area contributed by atoms with Gasteiger partial charge in [0.05, 0.1) is 19.1 Å². The molecule has 1 aliphatic rings. The number of carbonyl (C=O) groups excluding carboxylic acids is 3. The lowest BCUT2D eigenvalue weighted by molar-refractivity contribution is -0.165. The van der Waals surface area contributed by atoms with Crippen LogP contribution in [-0.2, 0) is 23.9 Å². The Labute approximate surface area is 133 Å². The molecule has 0 unspecified atom stereocenters. The fourth-order valence-corrected chi connectivity index (χ4v) is 3.13.